The molecule has 1 heterocycles. The van der Waals surface area contributed by atoms with Crippen LogP contribution in [0.5, 0.6) is 0 Å². The summed E-state index contributed by atoms with van der Waals surface area (Å²) >= 11 is 11.0. The van der Waals surface area contributed by atoms with E-state index in [-0.39, 0.29) is 5.78 Å². The number of hydrogen-bond acceptors (Lipinski definition) is 3. The summed E-state index contributed by atoms with van der Waals surface area (Å²) in [6.45, 7) is 3.02. The topological polar surface area (TPSA) is 59.0 Å². The molecule has 2 N–H and O–H groups in total. The Morgan fingerprint density at radius 1 is 1.45 bits per heavy atom. The number of Topliss-reactive ketones (excluding diaryl/α,β-unsaturated/α-hetero) is 1. The summed E-state index contributed by atoms with van der Waals surface area (Å²) < 4.78 is 1.79. The van der Waals surface area contributed by atoms with E-state index < -0.39 is 0 Å². The summed E-state index contributed by atoms with van der Waals surface area (Å²) in [6, 6.07) is 7.25. The smallest absolute Gasteiger partial charge is 0.170 e. The number of carbonyl (C=O) groups is 1. The van der Waals surface area contributed by atoms with E-state index in [0.29, 0.717) is 15.7 Å². The molecule has 116 valence electrons. The number of anilines is 1. The van der Waals surface area contributed by atoms with Crippen LogP contribution in [0.3, 0.4) is 0 Å². The predicted octanol–water partition coefficient (Wildman–Crippen LogP) is 3.12. The Kier molecular flexibility index (Phi) is 5.91. The van der Waals surface area contributed by atoms with Crippen molar-refractivity contribution in [3.8, 4) is 0 Å². The fourth-order valence-corrected chi connectivity index (χ4v) is 2.27. The summed E-state index contributed by atoms with van der Waals surface area (Å²) in [5, 5.41) is 11.4. The van der Waals surface area contributed by atoms with Crippen LogP contribution in [0.4, 0.5) is 5.69 Å². The van der Waals surface area contributed by atoms with Crippen molar-refractivity contribution in [3.63, 3.8) is 0 Å². The Morgan fingerprint density at radius 3 is 2.95 bits per heavy atom. The second-order valence-corrected chi connectivity index (χ2v) is 5.64. The normalized spacial score (nSPS) is 10.3. The second-order valence-electron chi connectivity index (χ2n) is 4.79. The molecule has 0 unspecified atom stereocenters. The van der Waals surface area contributed by atoms with Gasteiger partial charge in [0.05, 0.1) is 11.2 Å². The molecule has 0 saturated heterocycles. The maximum absolute atomic E-state index is 11.3. The lowest BCUT2D eigenvalue weighted by Crippen LogP contribution is -2.29. The van der Waals surface area contributed by atoms with Crippen LogP contribution in [0, 0.1) is 0 Å². The lowest BCUT2D eigenvalue weighted by Gasteiger charge is -2.11. The zero-order valence-corrected chi connectivity index (χ0v) is 13.7. The highest BCUT2D eigenvalue weighted by Crippen LogP contribution is 2.11. The summed E-state index contributed by atoms with van der Waals surface area (Å²) in [4.78, 5) is 11.3. The first-order valence-electron chi connectivity index (χ1n) is 6.88. The highest BCUT2D eigenvalue weighted by Gasteiger charge is 2.02. The largest absolute Gasteiger partial charge is 0.362 e. The number of nitrogens with zero attached hydrogens (tertiary/aromatic N) is 2. The lowest BCUT2D eigenvalue weighted by atomic mass is 10.1. The third kappa shape index (κ3) is 5.13. The van der Waals surface area contributed by atoms with E-state index in [1.807, 2.05) is 12.1 Å². The summed E-state index contributed by atoms with van der Waals surface area (Å²) in [6.07, 6.45) is 4.27. The zero-order chi connectivity index (χ0) is 15.9. The van der Waals surface area contributed by atoms with Crippen LogP contribution in [-0.2, 0) is 6.54 Å². The first kappa shape index (κ1) is 16.5. The highest BCUT2D eigenvalue weighted by atomic mass is 35.5. The predicted molar refractivity (Wildman–Crippen MR) is 92.5 cm³/mol. The molecule has 1 aromatic carbocycles. The van der Waals surface area contributed by atoms with Crippen LogP contribution in [0.25, 0.3) is 0 Å². The van der Waals surface area contributed by atoms with Crippen molar-refractivity contribution in [2.45, 2.75) is 19.9 Å². The molecular weight excluding hydrogens is 320 g/mol. The Morgan fingerprint density at radius 2 is 2.27 bits per heavy atom. The molecule has 0 bridgehead atoms. The maximum Gasteiger partial charge on any atom is 0.170 e. The van der Waals surface area contributed by atoms with Crippen LogP contribution in [-0.4, -0.2) is 27.2 Å². The van der Waals surface area contributed by atoms with Gasteiger partial charge in [-0.2, -0.15) is 5.10 Å². The third-order valence-corrected chi connectivity index (χ3v) is 3.42. The van der Waals surface area contributed by atoms with Gasteiger partial charge in [-0.3, -0.25) is 9.48 Å². The fraction of sp³-hybridized carbons (Fsp3) is 0.267. The highest BCUT2D eigenvalue weighted by molar-refractivity contribution is 7.80. The molecule has 0 aliphatic heterocycles. The van der Waals surface area contributed by atoms with E-state index in [0.717, 1.165) is 25.2 Å². The molecule has 0 aliphatic rings. The number of ketones is 1. The number of thiocarbonyl (C=S) groups is 1. The maximum atomic E-state index is 11.3. The SMILES string of the molecule is CC(=O)c1cccc(NC(=S)NCCCn2cc(Cl)cn2)c1. The molecule has 0 saturated carbocycles. The van der Waals surface area contributed by atoms with Crippen molar-refractivity contribution in [1.29, 1.82) is 0 Å². The Bertz CT molecular complexity index is 671. The summed E-state index contributed by atoms with van der Waals surface area (Å²) in [7, 11) is 0. The van der Waals surface area contributed by atoms with Gasteiger partial charge in [0.25, 0.3) is 0 Å². The fourth-order valence-electron chi connectivity index (χ4n) is 1.89. The van der Waals surface area contributed by atoms with Crippen LogP contribution < -0.4 is 10.6 Å². The third-order valence-electron chi connectivity index (χ3n) is 2.98. The van der Waals surface area contributed by atoms with Crippen molar-refractivity contribution >= 4 is 40.4 Å². The van der Waals surface area contributed by atoms with Crippen molar-refractivity contribution in [3.05, 3.63) is 47.2 Å². The van der Waals surface area contributed by atoms with Crippen molar-refractivity contribution in [2.75, 3.05) is 11.9 Å². The van der Waals surface area contributed by atoms with Crippen LogP contribution in [0.15, 0.2) is 36.7 Å². The number of carbonyl (C=O) groups excluding carboxylic acids is 1. The van der Waals surface area contributed by atoms with Crippen LogP contribution in [0.1, 0.15) is 23.7 Å². The van der Waals surface area contributed by atoms with Gasteiger partial charge in [0.2, 0.25) is 0 Å². The first-order valence-corrected chi connectivity index (χ1v) is 7.67. The molecule has 22 heavy (non-hydrogen) atoms. The Balaban J connectivity index is 1.73. The average molecular weight is 337 g/mol. The van der Waals surface area contributed by atoms with E-state index in [2.05, 4.69) is 15.7 Å². The average Bonchev–Trinajstić information content (AvgIpc) is 2.89. The van der Waals surface area contributed by atoms with E-state index >= 15 is 0 Å². The summed E-state index contributed by atoms with van der Waals surface area (Å²) in [5.74, 6) is 0.0282. The number of rotatable bonds is 6. The van der Waals surface area contributed by atoms with Gasteiger partial charge < -0.3 is 10.6 Å². The molecule has 0 fully saturated rings. The number of nitrogens with one attached hydrogen (secondary N) is 2. The number of hydrogen-bond donors (Lipinski definition) is 2. The zero-order valence-electron chi connectivity index (χ0n) is 12.2. The number of aryl methyl sites for hydroxylation is 1. The quantitative estimate of drug-likeness (QED) is 0.482. The molecule has 2 aromatic rings. The molecular formula is C15H17ClN4OS. The van der Waals surface area contributed by atoms with Gasteiger partial charge in [-0.25, -0.2) is 0 Å². The molecule has 0 aliphatic carbocycles. The molecule has 0 amide bonds. The van der Waals surface area contributed by atoms with Crippen LogP contribution >= 0.6 is 23.8 Å². The Labute approximate surface area is 139 Å². The van der Waals surface area contributed by atoms with Gasteiger partial charge in [0.15, 0.2) is 10.9 Å². The Hall–Kier alpha value is -1.92. The number of halogens is 1. The van der Waals surface area contributed by atoms with Gasteiger partial charge >= 0.3 is 0 Å². The lowest BCUT2D eigenvalue weighted by molar-refractivity contribution is 0.101. The number of benzene rings is 1. The van der Waals surface area contributed by atoms with Crippen molar-refractivity contribution in [1.82, 2.24) is 15.1 Å². The van der Waals surface area contributed by atoms with E-state index in [1.165, 1.54) is 6.92 Å². The van der Waals surface area contributed by atoms with Crippen LogP contribution in [0.2, 0.25) is 5.02 Å². The summed E-state index contributed by atoms with van der Waals surface area (Å²) in [5.41, 5.74) is 1.45. The minimum atomic E-state index is 0.0282. The number of aromatic nitrogens is 2. The van der Waals surface area contributed by atoms with E-state index in [9.17, 15) is 4.79 Å². The molecule has 7 heteroatoms. The molecule has 5 nitrogen and oxygen atoms in total. The van der Waals surface area contributed by atoms with Gasteiger partial charge in [0.1, 0.15) is 0 Å². The van der Waals surface area contributed by atoms with Crippen molar-refractivity contribution < 1.29 is 4.79 Å². The van der Waals surface area contributed by atoms with E-state index in [1.54, 1.807) is 29.2 Å². The van der Waals surface area contributed by atoms with Gasteiger partial charge in [0, 0.05) is 30.5 Å². The van der Waals surface area contributed by atoms with E-state index in [4.69, 9.17) is 23.8 Å². The van der Waals surface area contributed by atoms with Crippen molar-refractivity contribution in [2.24, 2.45) is 0 Å². The van der Waals surface area contributed by atoms with Gasteiger partial charge in [-0.15, -0.1) is 0 Å². The van der Waals surface area contributed by atoms with Gasteiger partial charge in [-0.05, 0) is 37.7 Å². The minimum absolute atomic E-state index is 0.0282. The molecule has 0 atom stereocenters. The first-order chi connectivity index (χ1) is 10.5. The van der Waals surface area contributed by atoms with Gasteiger partial charge in [-0.1, -0.05) is 23.7 Å². The molecule has 2 rings (SSSR count). The molecule has 0 spiro atoms. The monoisotopic (exact) mass is 336 g/mol. The minimum Gasteiger partial charge on any atom is -0.362 e. The standard InChI is InChI=1S/C15H17ClN4OS/c1-11(21)12-4-2-5-14(8-12)19-15(22)17-6-3-7-20-10-13(16)9-18-20/h2,4-5,8-10H,3,6-7H2,1H3,(H2,17,19,22). The molecule has 1 aromatic heterocycles. The molecule has 0 radical (unpaired) electrons. The second kappa shape index (κ2) is 7.91.